The molecule has 0 aromatic heterocycles. The zero-order chi connectivity index (χ0) is 24.3. The van der Waals surface area contributed by atoms with Crippen molar-refractivity contribution in [1.29, 1.82) is 0 Å². The van der Waals surface area contributed by atoms with Gasteiger partial charge in [0, 0.05) is 23.1 Å². The first-order valence-corrected chi connectivity index (χ1v) is 11.8. The van der Waals surface area contributed by atoms with Gasteiger partial charge < -0.3 is 19.6 Å². The van der Waals surface area contributed by atoms with Gasteiger partial charge in [0.1, 0.15) is 11.5 Å². The lowest BCUT2D eigenvalue weighted by atomic mass is 9.95. The van der Waals surface area contributed by atoms with Crippen molar-refractivity contribution < 1.29 is 19.4 Å². The molecule has 2 aromatic carbocycles. The first-order chi connectivity index (χ1) is 15.6. The highest BCUT2D eigenvalue weighted by Gasteiger charge is 2.45. The highest BCUT2D eigenvalue weighted by Crippen LogP contribution is 2.40. The lowest BCUT2D eigenvalue weighted by Gasteiger charge is -2.26. The SMILES string of the molecule is Cc1cc(C(O)=C2C(=O)C(=O)N(CCN(C)C)[C@@H]2c2cccc(Br)c2)ccc1OCC(C)C. The fourth-order valence-corrected chi connectivity index (χ4v) is 4.23. The number of benzene rings is 2. The number of rotatable bonds is 8. The summed E-state index contributed by atoms with van der Waals surface area (Å²) in [5.74, 6) is -0.328. The molecule has 7 heteroatoms. The van der Waals surface area contributed by atoms with Crippen molar-refractivity contribution in [3.63, 3.8) is 0 Å². The molecule has 0 aliphatic carbocycles. The molecule has 2 aromatic rings. The molecule has 0 radical (unpaired) electrons. The second-order valence-corrected chi connectivity index (χ2v) is 9.95. The van der Waals surface area contributed by atoms with Crippen LogP contribution in [0, 0.1) is 12.8 Å². The predicted octanol–water partition coefficient (Wildman–Crippen LogP) is 4.78. The highest BCUT2D eigenvalue weighted by atomic mass is 79.9. The molecule has 1 heterocycles. The molecule has 1 saturated heterocycles. The Balaban J connectivity index is 2.07. The van der Waals surface area contributed by atoms with Gasteiger partial charge in [-0.1, -0.05) is 41.9 Å². The van der Waals surface area contributed by atoms with E-state index in [1.165, 1.54) is 0 Å². The van der Waals surface area contributed by atoms with Crippen LogP contribution in [0.3, 0.4) is 0 Å². The summed E-state index contributed by atoms with van der Waals surface area (Å²) in [5.41, 5.74) is 2.19. The van der Waals surface area contributed by atoms with Gasteiger partial charge in [0.05, 0.1) is 18.2 Å². The Morgan fingerprint density at radius 1 is 1.18 bits per heavy atom. The number of hydrogen-bond donors (Lipinski definition) is 1. The quantitative estimate of drug-likeness (QED) is 0.312. The van der Waals surface area contributed by atoms with Gasteiger partial charge in [-0.15, -0.1) is 0 Å². The van der Waals surface area contributed by atoms with Crippen molar-refractivity contribution in [2.24, 2.45) is 5.92 Å². The number of halogens is 1. The lowest BCUT2D eigenvalue weighted by Crippen LogP contribution is -2.35. The number of carbonyl (C=O) groups is 2. The Morgan fingerprint density at radius 2 is 1.91 bits per heavy atom. The van der Waals surface area contributed by atoms with Crippen LogP contribution in [0.15, 0.2) is 52.5 Å². The van der Waals surface area contributed by atoms with Crippen LogP contribution in [-0.4, -0.2) is 60.4 Å². The number of hydrogen-bond acceptors (Lipinski definition) is 5. The van der Waals surface area contributed by atoms with Crippen LogP contribution in [0.2, 0.25) is 0 Å². The van der Waals surface area contributed by atoms with Crippen molar-refractivity contribution in [3.05, 3.63) is 69.2 Å². The number of ether oxygens (including phenoxy) is 1. The van der Waals surface area contributed by atoms with Gasteiger partial charge in [0.25, 0.3) is 11.7 Å². The molecule has 1 fully saturated rings. The third-order valence-electron chi connectivity index (χ3n) is 5.51. The van der Waals surface area contributed by atoms with E-state index < -0.39 is 17.7 Å². The highest BCUT2D eigenvalue weighted by molar-refractivity contribution is 9.10. The number of nitrogens with zero attached hydrogens (tertiary/aromatic N) is 2. The van der Waals surface area contributed by atoms with Crippen molar-refractivity contribution in [1.82, 2.24) is 9.80 Å². The Labute approximate surface area is 204 Å². The molecule has 1 aliphatic heterocycles. The van der Waals surface area contributed by atoms with E-state index in [-0.39, 0.29) is 11.3 Å². The molecule has 1 atom stereocenters. The Kier molecular flexibility index (Phi) is 7.97. The average molecular weight is 515 g/mol. The molecular weight excluding hydrogens is 484 g/mol. The van der Waals surface area contributed by atoms with Gasteiger partial charge in [-0.05, 0) is 68.4 Å². The number of amides is 1. The van der Waals surface area contributed by atoms with Crippen LogP contribution < -0.4 is 4.74 Å². The molecule has 176 valence electrons. The van der Waals surface area contributed by atoms with Gasteiger partial charge in [0.15, 0.2) is 0 Å². The smallest absolute Gasteiger partial charge is 0.295 e. The molecule has 3 rings (SSSR count). The molecule has 0 bridgehead atoms. The molecule has 33 heavy (non-hydrogen) atoms. The normalized spacial score (nSPS) is 17.9. The molecule has 1 N–H and O–H groups in total. The minimum atomic E-state index is -0.672. The van der Waals surface area contributed by atoms with Gasteiger partial charge in [-0.2, -0.15) is 0 Å². The van der Waals surface area contributed by atoms with Crippen LogP contribution in [0.4, 0.5) is 0 Å². The topological polar surface area (TPSA) is 70.1 Å². The van der Waals surface area contributed by atoms with E-state index in [0.29, 0.717) is 31.2 Å². The molecule has 0 unspecified atom stereocenters. The van der Waals surface area contributed by atoms with Gasteiger partial charge in [-0.3, -0.25) is 9.59 Å². The van der Waals surface area contributed by atoms with Crippen LogP contribution in [0.25, 0.3) is 5.76 Å². The second kappa shape index (κ2) is 10.5. The summed E-state index contributed by atoms with van der Waals surface area (Å²) < 4.78 is 6.67. The number of aryl methyl sites for hydroxylation is 1. The molecule has 0 spiro atoms. The number of aliphatic hydroxyl groups excluding tert-OH is 1. The molecule has 1 aliphatic rings. The fourth-order valence-electron chi connectivity index (χ4n) is 3.81. The van der Waals surface area contributed by atoms with E-state index >= 15 is 0 Å². The van der Waals surface area contributed by atoms with E-state index in [0.717, 1.165) is 21.3 Å². The number of likely N-dealkylation sites (tertiary alicyclic amines) is 1. The summed E-state index contributed by atoms with van der Waals surface area (Å²) in [5, 5.41) is 11.3. The average Bonchev–Trinajstić information content (AvgIpc) is 3.01. The first kappa shape index (κ1) is 25.0. The minimum absolute atomic E-state index is 0.104. The third kappa shape index (κ3) is 5.65. The Morgan fingerprint density at radius 3 is 2.52 bits per heavy atom. The summed E-state index contributed by atoms with van der Waals surface area (Å²) in [4.78, 5) is 29.6. The number of Topliss-reactive ketones (excluding diaryl/α,β-unsaturated/α-hetero) is 1. The number of likely N-dealkylation sites (N-methyl/N-ethyl adjacent to an activating group) is 1. The summed E-state index contributed by atoms with van der Waals surface area (Å²) in [6.07, 6.45) is 0. The largest absolute Gasteiger partial charge is 0.507 e. The van der Waals surface area contributed by atoms with Crippen molar-refractivity contribution in [2.45, 2.75) is 26.8 Å². The van der Waals surface area contributed by atoms with E-state index in [1.54, 1.807) is 23.1 Å². The van der Waals surface area contributed by atoms with Crippen molar-refractivity contribution in [3.8, 4) is 5.75 Å². The van der Waals surface area contributed by atoms with Crippen molar-refractivity contribution >= 4 is 33.4 Å². The molecule has 6 nitrogen and oxygen atoms in total. The maximum atomic E-state index is 13.1. The van der Waals surface area contributed by atoms with Gasteiger partial charge in [0.2, 0.25) is 0 Å². The third-order valence-corrected chi connectivity index (χ3v) is 6.01. The number of carbonyl (C=O) groups excluding carboxylic acids is 2. The summed E-state index contributed by atoms with van der Waals surface area (Å²) in [6, 6.07) is 12.1. The standard InChI is InChI=1S/C26H31BrN2O4/c1-16(2)15-33-21-10-9-19(13-17(21)3)24(30)22-23(18-7-6-8-20(27)14-18)29(12-11-28(4)5)26(32)25(22)31/h6-10,13-14,16,23,30H,11-12,15H2,1-5H3/t23-/m1/s1. The fraction of sp³-hybridized carbons (Fsp3) is 0.385. The summed E-state index contributed by atoms with van der Waals surface area (Å²) in [7, 11) is 3.83. The molecule has 1 amide bonds. The van der Waals surface area contributed by atoms with Gasteiger partial charge in [-0.25, -0.2) is 0 Å². The van der Waals surface area contributed by atoms with Crippen LogP contribution >= 0.6 is 15.9 Å². The van der Waals surface area contributed by atoms with E-state index in [4.69, 9.17) is 4.74 Å². The van der Waals surface area contributed by atoms with E-state index in [2.05, 4.69) is 29.8 Å². The van der Waals surface area contributed by atoms with E-state index in [1.807, 2.05) is 50.2 Å². The zero-order valence-electron chi connectivity index (χ0n) is 19.8. The first-order valence-electron chi connectivity index (χ1n) is 11.0. The second-order valence-electron chi connectivity index (χ2n) is 9.04. The summed E-state index contributed by atoms with van der Waals surface area (Å²) >= 11 is 3.48. The molecular formula is C26H31BrN2O4. The minimum Gasteiger partial charge on any atom is -0.507 e. The van der Waals surface area contributed by atoms with Crippen molar-refractivity contribution in [2.75, 3.05) is 33.8 Å². The molecule has 0 saturated carbocycles. The predicted molar refractivity (Wildman–Crippen MR) is 133 cm³/mol. The van der Waals surface area contributed by atoms with Crippen LogP contribution in [0.1, 0.15) is 36.6 Å². The lowest BCUT2D eigenvalue weighted by molar-refractivity contribution is -0.140. The number of ketones is 1. The maximum absolute atomic E-state index is 13.1. The zero-order valence-corrected chi connectivity index (χ0v) is 21.3. The van der Waals surface area contributed by atoms with E-state index in [9.17, 15) is 14.7 Å². The Hall–Kier alpha value is -2.64. The monoisotopic (exact) mass is 514 g/mol. The Bertz CT molecular complexity index is 1080. The van der Waals surface area contributed by atoms with Gasteiger partial charge >= 0.3 is 0 Å². The summed E-state index contributed by atoms with van der Waals surface area (Å²) in [6.45, 7) is 7.60. The van der Waals surface area contributed by atoms with Crippen LogP contribution in [0.5, 0.6) is 5.75 Å². The van der Waals surface area contributed by atoms with Crippen LogP contribution in [-0.2, 0) is 9.59 Å². The maximum Gasteiger partial charge on any atom is 0.295 e. The number of aliphatic hydroxyl groups is 1.